The number of methoxy groups -OCH3 is 1. The second-order valence-corrected chi connectivity index (χ2v) is 5.85. The lowest BCUT2D eigenvalue weighted by atomic mass is 10.1. The van der Waals surface area contributed by atoms with E-state index in [9.17, 15) is 9.59 Å². The number of rotatable bonds is 13. The molecule has 0 aliphatic carbocycles. The smallest absolute Gasteiger partial charge is 0.303 e. The van der Waals surface area contributed by atoms with Crippen LogP contribution in [-0.4, -0.2) is 37.2 Å². The van der Waals surface area contributed by atoms with Crippen molar-refractivity contribution < 1.29 is 24.2 Å². The Balaban J connectivity index is 2.53. The van der Waals surface area contributed by atoms with Gasteiger partial charge in [-0.1, -0.05) is 38.3 Å². The van der Waals surface area contributed by atoms with Gasteiger partial charge in [0.25, 0.3) is 0 Å². The fourth-order valence-corrected chi connectivity index (χ4v) is 2.43. The van der Waals surface area contributed by atoms with E-state index in [4.69, 9.17) is 14.6 Å². The molecule has 0 unspecified atom stereocenters. The quantitative estimate of drug-likeness (QED) is 0.533. The summed E-state index contributed by atoms with van der Waals surface area (Å²) in [5.74, 6) is 0.181. The van der Waals surface area contributed by atoms with E-state index in [0.717, 1.165) is 24.2 Å². The molecule has 140 valence electrons. The minimum Gasteiger partial charge on any atom is -0.493 e. The molecule has 1 amide bonds. The van der Waals surface area contributed by atoms with Crippen molar-refractivity contribution in [1.82, 2.24) is 5.32 Å². The maximum Gasteiger partial charge on any atom is 0.303 e. The molecule has 6 nitrogen and oxygen atoms in total. The Morgan fingerprint density at radius 2 is 1.96 bits per heavy atom. The summed E-state index contributed by atoms with van der Waals surface area (Å²) in [5.41, 5.74) is 0.966. The Morgan fingerprint density at radius 3 is 2.64 bits per heavy atom. The van der Waals surface area contributed by atoms with Crippen molar-refractivity contribution in [1.29, 1.82) is 0 Å². The lowest BCUT2D eigenvalue weighted by Gasteiger charge is -2.15. The molecule has 0 radical (unpaired) electrons. The molecular weight excluding hydrogens is 322 g/mol. The molecule has 0 heterocycles. The number of unbranched alkanes of at least 4 members (excludes halogenated alkanes) is 3. The molecule has 0 fully saturated rings. The highest BCUT2D eigenvalue weighted by molar-refractivity contribution is 5.80. The number of hydrogen-bond acceptors (Lipinski definition) is 4. The summed E-state index contributed by atoms with van der Waals surface area (Å²) in [6, 6.07) is 5.70. The van der Waals surface area contributed by atoms with Gasteiger partial charge in [0.15, 0.2) is 11.5 Å². The van der Waals surface area contributed by atoms with E-state index in [1.807, 2.05) is 18.2 Å². The topological polar surface area (TPSA) is 84.9 Å². The second-order valence-electron chi connectivity index (χ2n) is 5.85. The van der Waals surface area contributed by atoms with Crippen molar-refractivity contribution in [3.8, 4) is 11.5 Å². The van der Waals surface area contributed by atoms with E-state index >= 15 is 0 Å². The number of amides is 1. The van der Waals surface area contributed by atoms with Gasteiger partial charge in [0.2, 0.25) is 5.91 Å². The number of carboxylic acid groups (broad SMARTS) is 1. The first-order valence-corrected chi connectivity index (χ1v) is 8.85. The van der Waals surface area contributed by atoms with Crippen LogP contribution < -0.4 is 14.8 Å². The molecule has 1 rings (SSSR count). The zero-order valence-electron chi connectivity index (χ0n) is 15.2. The lowest BCUT2D eigenvalue weighted by molar-refractivity contribution is -0.138. The summed E-state index contributed by atoms with van der Waals surface area (Å²) in [7, 11) is 1.61. The number of aliphatic carboxylic acids is 1. The molecule has 0 aliphatic heterocycles. The standard InChI is InChI=1S/C19H29NO5/c1-3-4-5-6-14-25-19-15(8-7-9-16(19)24-2)12-13-20-17(21)10-11-18(22)23/h7-9H,3-6,10-14H2,1-2H3,(H,20,21)(H,22,23). The van der Waals surface area contributed by atoms with Crippen LogP contribution >= 0.6 is 0 Å². The average molecular weight is 351 g/mol. The third-order valence-electron chi connectivity index (χ3n) is 3.81. The zero-order chi connectivity index (χ0) is 18.5. The van der Waals surface area contributed by atoms with Crippen LogP contribution in [0.3, 0.4) is 0 Å². The molecule has 0 saturated heterocycles. The van der Waals surface area contributed by atoms with Gasteiger partial charge >= 0.3 is 5.97 Å². The fraction of sp³-hybridized carbons (Fsp3) is 0.579. The number of ether oxygens (including phenoxy) is 2. The average Bonchev–Trinajstić information content (AvgIpc) is 2.60. The Labute approximate surface area is 149 Å². The zero-order valence-corrected chi connectivity index (χ0v) is 15.2. The van der Waals surface area contributed by atoms with Gasteiger partial charge in [0, 0.05) is 13.0 Å². The molecule has 1 aromatic carbocycles. The van der Waals surface area contributed by atoms with Gasteiger partial charge in [0.05, 0.1) is 20.1 Å². The predicted molar refractivity (Wildman–Crippen MR) is 96.2 cm³/mol. The van der Waals surface area contributed by atoms with E-state index in [-0.39, 0.29) is 18.7 Å². The van der Waals surface area contributed by atoms with Gasteiger partial charge in [-0.25, -0.2) is 0 Å². The summed E-state index contributed by atoms with van der Waals surface area (Å²) in [6.45, 7) is 3.24. The van der Waals surface area contributed by atoms with Crippen molar-refractivity contribution in [2.45, 2.75) is 51.9 Å². The highest BCUT2D eigenvalue weighted by atomic mass is 16.5. The number of carbonyl (C=O) groups is 2. The van der Waals surface area contributed by atoms with Crippen LogP contribution in [0, 0.1) is 0 Å². The number of hydrogen-bond donors (Lipinski definition) is 2. The first-order chi connectivity index (χ1) is 12.1. The molecule has 0 aliphatic rings. The van der Waals surface area contributed by atoms with Crippen molar-refractivity contribution >= 4 is 11.9 Å². The van der Waals surface area contributed by atoms with E-state index in [0.29, 0.717) is 25.3 Å². The number of benzene rings is 1. The Kier molecular flexibility index (Phi) is 10.1. The summed E-state index contributed by atoms with van der Waals surface area (Å²) in [5, 5.41) is 11.3. The lowest BCUT2D eigenvalue weighted by Crippen LogP contribution is -2.26. The Morgan fingerprint density at radius 1 is 1.16 bits per heavy atom. The van der Waals surface area contributed by atoms with Crippen LogP contribution in [-0.2, 0) is 16.0 Å². The molecule has 0 saturated carbocycles. The number of para-hydroxylation sites is 1. The maximum atomic E-state index is 11.6. The summed E-state index contributed by atoms with van der Waals surface area (Å²) in [4.78, 5) is 22.1. The van der Waals surface area contributed by atoms with E-state index in [1.165, 1.54) is 12.8 Å². The normalized spacial score (nSPS) is 10.3. The van der Waals surface area contributed by atoms with Crippen molar-refractivity contribution in [2.75, 3.05) is 20.3 Å². The fourth-order valence-electron chi connectivity index (χ4n) is 2.43. The van der Waals surface area contributed by atoms with Crippen LogP contribution in [0.25, 0.3) is 0 Å². The molecule has 0 atom stereocenters. The van der Waals surface area contributed by atoms with Crippen molar-refractivity contribution in [3.63, 3.8) is 0 Å². The van der Waals surface area contributed by atoms with Crippen LogP contribution in [0.1, 0.15) is 51.0 Å². The Hall–Kier alpha value is -2.24. The van der Waals surface area contributed by atoms with Gasteiger partial charge in [0.1, 0.15) is 0 Å². The van der Waals surface area contributed by atoms with Crippen molar-refractivity contribution in [2.24, 2.45) is 0 Å². The predicted octanol–water partition coefficient (Wildman–Crippen LogP) is 3.18. The third kappa shape index (κ3) is 8.42. The molecule has 2 N–H and O–H groups in total. The first kappa shape index (κ1) is 20.8. The van der Waals surface area contributed by atoms with Crippen LogP contribution in [0.4, 0.5) is 0 Å². The number of carboxylic acids is 1. The van der Waals surface area contributed by atoms with E-state index < -0.39 is 5.97 Å². The highest BCUT2D eigenvalue weighted by Crippen LogP contribution is 2.31. The molecule has 6 heteroatoms. The molecule has 0 aromatic heterocycles. The minimum absolute atomic E-state index is 0.00572. The molecule has 0 bridgehead atoms. The number of nitrogens with one attached hydrogen (secondary N) is 1. The van der Waals surface area contributed by atoms with Gasteiger partial charge in [-0.05, 0) is 24.5 Å². The molecule has 0 spiro atoms. The number of carbonyl (C=O) groups excluding carboxylic acids is 1. The minimum atomic E-state index is -0.971. The van der Waals surface area contributed by atoms with E-state index in [1.54, 1.807) is 7.11 Å². The summed E-state index contributed by atoms with van der Waals surface area (Å²) < 4.78 is 11.3. The summed E-state index contributed by atoms with van der Waals surface area (Å²) in [6.07, 6.45) is 4.95. The van der Waals surface area contributed by atoms with Gasteiger partial charge in [-0.2, -0.15) is 0 Å². The largest absolute Gasteiger partial charge is 0.493 e. The Bertz CT molecular complexity index is 545. The van der Waals surface area contributed by atoms with Gasteiger partial charge < -0.3 is 19.9 Å². The van der Waals surface area contributed by atoms with E-state index in [2.05, 4.69) is 12.2 Å². The SMILES string of the molecule is CCCCCCOc1c(CCNC(=O)CCC(=O)O)cccc1OC. The van der Waals surface area contributed by atoms with Gasteiger partial charge in [-0.3, -0.25) is 9.59 Å². The molecule has 25 heavy (non-hydrogen) atoms. The van der Waals surface area contributed by atoms with Crippen LogP contribution in [0.15, 0.2) is 18.2 Å². The van der Waals surface area contributed by atoms with Crippen molar-refractivity contribution in [3.05, 3.63) is 23.8 Å². The second kappa shape index (κ2) is 12.2. The monoisotopic (exact) mass is 351 g/mol. The van der Waals surface area contributed by atoms with Gasteiger partial charge in [-0.15, -0.1) is 0 Å². The molecular formula is C19H29NO5. The highest BCUT2D eigenvalue weighted by Gasteiger charge is 2.11. The summed E-state index contributed by atoms with van der Waals surface area (Å²) >= 11 is 0. The molecule has 1 aromatic rings. The van der Waals surface area contributed by atoms with Crippen LogP contribution in [0.5, 0.6) is 11.5 Å². The first-order valence-electron chi connectivity index (χ1n) is 8.85. The third-order valence-corrected chi connectivity index (χ3v) is 3.81. The maximum absolute atomic E-state index is 11.6. The van der Waals surface area contributed by atoms with Crippen LogP contribution in [0.2, 0.25) is 0 Å².